The van der Waals surface area contributed by atoms with Crippen molar-refractivity contribution in [1.82, 2.24) is 4.72 Å². The van der Waals surface area contributed by atoms with Crippen LogP contribution in [-0.4, -0.2) is 37.3 Å². The normalized spacial score (nSPS) is 13.0. The third-order valence-corrected chi connectivity index (χ3v) is 4.41. The number of hydrogen-bond donors (Lipinski definition) is 2. The van der Waals surface area contributed by atoms with Gasteiger partial charge in [0.05, 0.1) is 11.4 Å². The molecule has 0 atom stereocenters. The van der Waals surface area contributed by atoms with Crippen LogP contribution in [0.15, 0.2) is 0 Å². The van der Waals surface area contributed by atoms with Crippen LogP contribution in [0.2, 0.25) is 0 Å². The summed E-state index contributed by atoms with van der Waals surface area (Å²) in [7, 11) is -3.28. The zero-order valence-corrected chi connectivity index (χ0v) is 11.6. The van der Waals surface area contributed by atoms with Crippen LogP contribution >= 0.6 is 11.6 Å². The number of rotatable bonds is 9. The molecule has 0 aromatic carbocycles. The van der Waals surface area contributed by atoms with Gasteiger partial charge in [-0.1, -0.05) is 13.8 Å². The van der Waals surface area contributed by atoms with Crippen molar-refractivity contribution in [3.05, 3.63) is 0 Å². The maximum absolute atomic E-state index is 11.5. The highest BCUT2D eigenvalue weighted by Gasteiger charge is 2.24. The van der Waals surface area contributed by atoms with Gasteiger partial charge in [0.2, 0.25) is 10.0 Å². The fourth-order valence-corrected chi connectivity index (χ4v) is 2.61. The first-order valence-electron chi connectivity index (χ1n) is 5.65. The Morgan fingerprint density at radius 1 is 1.25 bits per heavy atom. The van der Waals surface area contributed by atoms with E-state index < -0.39 is 15.6 Å². The molecule has 2 N–H and O–H groups in total. The largest absolute Gasteiger partial charge is 0.389 e. The molecule has 0 radical (unpaired) electrons. The number of aliphatic hydroxyl groups is 1. The van der Waals surface area contributed by atoms with E-state index in [1.165, 1.54) is 0 Å². The number of hydrogen-bond acceptors (Lipinski definition) is 3. The lowest BCUT2D eigenvalue weighted by atomic mass is 9.98. The van der Waals surface area contributed by atoms with E-state index in [-0.39, 0.29) is 12.3 Å². The van der Waals surface area contributed by atoms with Gasteiger partial charge in [-0.2, -0.15) is 0 Å². The molecule has 6 heteroatoms. The van der Waals surface area contributed by atoms with Gasteiger partial charge in [0.1, 0.15) is 0 Å². The summed E-state index contributed by atoms with van der Waals surface area (Å²) in [6.07, 6.45) is 2.31. The van der Waals surface area contributed by atoms with Crippen molar-refractivity contribution in [3.63, 3.8) is 0 Å². The third-order valence-electron chi connectivity index (χ3n) is 2.73. The van der Waals surface area contributed by atoms with E-state index in [0.29, 0.717) is 31.6 Å². The number of sulfonamides is 1. The van der Waals surface area contributed by atoms with Gasteiger partial charge in [0.25, 0.3) is 0 Å². The van der Waals surface area contributed by atoms with Crippen molar-refractivity contribution >= 4 is 21.6 Å². The summed E-state index contributed by atoms with van der Waals surface area (Å²) >= 11 is 5.47. The maximum Gasteiger partial charge on any atom is 0.211 e. The molecule has 0 amide bonds. The molecule has 0 aromatic heterocycles. The highest BCUT2D eigenvalue weighted by molar-refractivity contribution is 7.89. The van der Waals surface area contributed by atoms with Gasteiger partial charge >= 0.3 is 0 Å². The molecule has 0 aromatic rings. The Bertz CT molecular complexity index is 276. The molecular weight excluding hydrogens is 250 g/mol. The van der Waals surface area contributed by atoms with Crippen molar-refractivity contribution in [2.45, 2.75) is 45.1 Å². The summed E-state index contributed by atoms with van der Waals surface area (Å²) < 4.78 is 25.5. The molecule has 0 aliphatic carbocycles. The van der Waals surface area contributed by atoms with E-state index in [0.717, 1.165) is 0 Å². The van der Waals surface area contributed by atoms with Crippen molar-refractivity contribution in [2.75, 3.05) is 18.2 Å². The average Bonchev–Trinajstić information content (AvgIpc) is 2.26. The molecule has 0 unspecified atom stereocenters. The molecule has 16 heavy (non-hydrogen) atoms. The van der Waals surface area contributed by atoms with Gasteiger partial charge in [0.15, 0.2) is 0 Å². The lowest BCUT2D eigenvalue weighted by Gasteiger charge is -2.25. The molecular formula is C10H22ClNO3S. The Morgan fingerprint density at radius 3 is 2.25 bits per heavy atom. The van der Waals surface area contributed by atoms with E-state index >= 15 is 0 Å². The van der Waals surface area contributed by atoms with E-state index in [2.05, 4.69) is 4.72 Å². The molecule has 0 fully saturated rings. The Hall–Kier alpha value is 0.160. The van der Waals surface area contributed by atoms with Gasteiger partial charge in [-0.05, 0) is 25.7 Å². The van der Waals surface area contributed by atoms with Crippen LogP contribution in [0.4, 0.5) is 0 Å². The van der Waals surface area contributed by atoms with Crippen LogP contribution in [0.5, 0.6) is 0 Å². The smallest absolute Gasteiger partial charge is 0.211 e. The monoisotopic (exact) mass is 271 g/mol. The first-order chi connectivity index (χ1) is 7.39. The van der Waals surface area contributed by atoms with E-state index in [4.69, 9.17) is 11.6 Å². The first-order valence-corrected chi connectivity index (χ1v) is 7.83. The molecule has 0 spiro atoms. The van der Waals surface area contributed by atoms with Crippen LogP contribution in [0.1, 0.15) is 39.5 Å². The second kappa shape index (κ2) is 7.48. The van der Waals surface area contributed by atoms with E-state index in [9.17, 15) is 13.5 Å². The van der Waals surface area contributed by atoms with Gasteiger partial charge in [-0.3, -0.25) is 0 Å². The van der Waals surface area contributed by atoms with Gasteiger partial charge in [-0.25, -0.2) is 13.1 Å². The molecule has 0 aliphatic rings. The lowest BCUT2D eigenvalue weighted by molar-refractivity contribution is 0.0377. The Balaban J connectivity index is 4.07. The number of halogens is 1. The average molecular weight is 272 g/mol. The zero-order valence-electron chi connectivity index (χ0n) is 10.00. The summed E-state index contributed by atoms with van der Waals surface area (Å²) in [5.74, 6) is 0.548. The molecule has 0 saturated heterocycles. The predicted octanol–water partition coefficient (Wildman–Crippen LogP) is 1.48. The van der Waals surface area contributed by atoms with E-state index in [1.807, 2.05) is 13.8 Å². The van der Waals surface area contributed by atoms with Crippen LogP contribution in [0.25, 0.3) is 0 Å². The molecule has 4 nitrogen and oxygen atoms in total. The van der Waals surface area contributed by atoms with Crippen LogP contribution < -0.4 is 4.72 Å². The minimum Gasteiger partial charge on any atom is -0.389 e. The van der Waals surface area contributed by atoms with Gasteiger partial charge in [-0.15, -0.1) is 11.6 Å². The van der Waals surface area contributed by atoms with Crippen LogP contribution in [0.3, 0.4) is 0 Å². The van der Waals surface area contributed by atoms with Crippen molar-refractivity contribution in [1.29, 1.82) is 0 Å². The number of nitrogens with one attached hydrogen (secondary N) is 1. The van der Waals surface area contributed by atoms with Gasteiger partial charge < -0.3 is 5.11 Å². The Kier molecular flexibility index (Phi) is 7.55. The quantitative estimate of drug-likeness (QED) is 0.493. The predicted molar refractivity (Wildman–Crippen MR) is 67.3 cm³/mol. The summed E-state index contributed by atoms with van der Waals surface area (Å²) in [5, 5.41) is 9.92. The topological polar surface area (TPSA) is 66.4 Å². The minimum absolute atomic E-state index is 0.0726. The molecule has 0 saturated carbocycles. The fourth-order valence-electron chi connectivity index (χ4n) is 1.20. The summed E-state index contributed by atoms with van der Waals surface area (Å²) in [5.41, 5.74) is -0.931. The van der Waals surface area contributed by atoms with Crippen molar-refractivity contribution in [3.8, 4) is 0 Å². The second-order valence-electron chi connectivity index (χ2n) is 3.97. The summed E-state index contributed by atoms with van der Waals surface area (Å²) in [6.45, 7) is 3.76. The standard InChI is InChI=1S/C10H22ClNO3S/c1-3-10(13,4-2)9-12-16(14,15)8-6-5-7-11/h12-13H,3-9H2,1-2H3. The minimum atomic E-state index is -3.28. The molecule has 0 aliphatic heterocycles. The fraction of sp³-hybridized carbons (Fsp3) is 1.00. The molecule has 98 valence electrons. The Labute approximate surface area is 103 Å². The summed E-state index contributed by atoms with van der Waals surface area (Å²) in [6, 6.07) is 0. The summed E-state index contributed by atoms with van der Waals surface area (Å²) in [4.78, 5) is 0. The second-order valence-corrected chi connectivity index (χ2v) is 6.27. The first kappa shape index (κ1) is 16.2. The highest BCUT2D eigenvalue weighted by atomic mass is 35.5. The maximum atomic E-state index is 11.5. The van der Waals surface area contributed by atoms with Crippen molar-refractivity contribution in [2.24, 2.45) is 0 Å². The third kappa shape index (κ3) is 6.68. The number of unbranched alkanes of at least 4 members (excludes halogenated alkanes) is 1. The molecule has 0 heterocycles. The Morgan fingerprint density at radius 2 is 1.81 bits per heavy atom. The van der Waals surface area contributed by atoms with Crippen molar-refractivity contribution < 1.29 is 13.5 Å². The van der Waals surface area contributed by atoms with E-state index in [1.54, 1.807) is 0 Å². The van der Waals surface area contributed by atoms with Gasteiger partial charge in [0, 0.05) is 12.4 Å². The van der Waals surface area contributed by atoms with Crippen LogP contribution in [-0.2, 0) is 10.0 Å². The SMILES string of the molecule is CCC(O)(CC)CNS(=O)(=O)CCCCCl. The molecule has 0 rings (SSSR count). The zero-order chi connectivity index (χ0) is 12.7. The lowest BCUT2D eigenvalue weighted by Crippen LogP contribution is -2.42. The highest BCUT2D eigenvalue weighted by Crippen LogP contribution is 2.13. The molecule has 0 bridgehead atoms. The van der Waals surface area contributed by atoms with Crippen LogP contribution in [0, 0.1) is 0 Å². The number of alkyl halides is 1.